The van der Waals surface area contributed by atoms with Crippen LogP contribution in [0.1, 0.15) is 25.3 Å². The van der Waals surface area contributed by atoms with Gasteiger partial charge in [-0.25, -0.2) is 0 Å². The fourth-order valence-corrected chi connectivity index (χ4v) is 2.63. The Morgan fingerprint density at radius 1 is 1.14 bits per heavy atom. The van der Waals surface area contributed by atoms with Gasteiger partial charge in [-0.1, -0.05) is 47.5 Å². The van der Waals surface area contributed by atoms with Gasteiger partial charge in [0.05, 0.1) is 28.3 Å². The molecular weight excluding hydrogens is 321 g/mol. The minimum Gasteiger partial charge on any atom is -0.466 e. The lowest BCUT2D eigenvalue weighted by Gasteiger charge is -2.18. The Balaban J connectivity index is 2.35. The largest absolute Gasteiger partial charge is 0.466 e. The second kappa shape index (κ2) is 7.52. The number of hydrogen-bond acceptors (Lipinski definition) is 3. The van der Waals surface area contributed by atoms with Crippen molar-refractivity contribution < 1.29 is 9.53 Å². The Bertz CT molecular complexity index is 653. The summed E-state index contributed by atoms with van der Waals surface area (Å²) in [6, 6.07) is 12.8. The second-order valence-corrected chi connectivity index (χ2v) is 5.60. The van der Waals surface area contributed by atoms with E-state index in [9.17, 15) is 4.79 Å². The first-order chi connectivity index (χ1) is 10.5. The highest BCUT2D eigenvalue weighted by Gasteiger charge is 2.20. The highest BCUT2D eigenvalue weighted by Crippen LogP contribution is 2.35. The van der Waals surface area contributed by atoms with Gasteiger partial charge < -0.3 is 10.1 Å². The molecule has 3 nitrogen and oxygen atoms in total. The zero-order valence-corrected chi connectivity index (χ0v) is 13.9. The zero-order chi connectivity index (χ0) is 16.1. The molecule has 0 aromatic heterocycles. The zero-order valence-electron chi connectivity index (χ0n) is 12.4. The number of hydrogen-bond donors (Lipinski definition) is 1. The first-order valence-corrected chi connectivity index (χ1v) is 7.76. The van der Waals surface area contributed by atoms with E-state index in [0.717, 1.165) is 11.3 Å². The number of carbonyl (C=O) groups excluding carboxylic acids is 1. The van der Waals surface area contributed by atoms with Crippen molar-refractivity contribution in [3.05, 3.63) is 58.1 Å². The number of para-hydroxylation sites is 2. The highest BCUT2D eigenvalue weighted by atomic mass is 35.5. The number of anilines is 2. The molecular formula is C17H17Cl2NO2. The summed E-state index contributed by atoms with van der Waals surface area (Å²) < 4.78 is 5.09. The number of esters is 1. The first kappa shape index (κ1) is 16.7. The van der Waals surface area contributed by atoms with Gasteiger partial charge in [0.15, 0.2) is 0 Å². The van der Waals surface area contributed by atoms with Crippen molar-refractivity contribution in [1.82, 2.24) is 0 Å². The minimum absolute atomic E-state index is 0.262. The summed E-state index contributed by atoms with van der Waals surface area (Å²) >= 11 is 12.4. The van der Waals surface area contributed by atoms with Crippen LogP contribution < -0.4 is 5.32 Å². The number of halogens is 2. The molecule has 2 aromatic carbocycles. The molecule has 0 saturated heterocycles. The molecule has 0 aliphatic rings. The van der Waals surface area contributed by atoms with Gasteiger partial charge >= 0.3 is 5.97 Å². The molecule has 1 N–H and O–H groups in total. The van der Waals surface area contributed by atoms with Crippen molar-refractivity contribution in [3.63, 3.8) is 0 Å². The van der Waals surface area contributed by atoms with Crippen molar-refractivity contribution in [3.8, 4) is 0 Å². The van der Waals surface area contributed by atoms with Crippen LogP contribution >= 0.6 is 23.2 Å². The highest BCUT2D eigenvalue weighted by molar-refractivity contribution is 6.39. The lowest BCUT2D eigenvalue weighted by atomic mass is 9.99. The van der Waals surface area contributed by atoms with Crippen molar-refractivity contribution in [2.75, 3.05) is 11.9 Å². The quantitative estimate of drug-likeness (QED) is 0.742. The van der Waals surface area contributed by atoms with Crippen LogP contribution in [0.2, 0.25) is 10.0 Å². The van der Waals surface area contributed by atoms with Gasteiger partial charge in [0.2, 0.25) is 0 Å². The molecule has 1 unspecified atom stereocenters. The molecule has 0 radical (unpaired) electrons. The summed E-state index contributed by atoms with van der Waals surface area (Å²) in [4.78, 5) is 12.0. The number of rotatable bonds is 5. The van der Waals surface area contributed by atoms with Gasteiger partial charge in [-0.2, -0.15) is 0 Å². The van der Waals surface area contributed by atoms with E-state index in [0.29, 0.717) is 22.3 Å². The Hall–Kier alpha value is -1.71. The van der Waals surface area contributed by atoms with E-state index >= 15 is 0 Å². The lowest BCUT2D eigenvalue weighted by Crippen LogP contribution is -2.14. The maximum absolute atomic E-state index is 12.0. The molecule has 2 aromatic rings. The Labute approximate surface area is 140 Å². The monoisotopic (exact) mass is 337 g/mol. The van der Waals surface area contributed by atoms with Crippen LogP contribution in [0.5, 0.6) is 0 Å². The Morgan fingerprint density at radius 2 is 1.77 bits per heavy atom. The average Bonchev–Trinajstić information content (AvgIpc) is 2.51. The van der Waals surface area contributed by atoms with Crippen molar-refractivity contribution in [1.29, 1.82) is 0 Å². The van der Waals surface area contributed by atoms with E-state index in [4.69, 9.17) is 27.9 Å². The van der Waals surface area contributed by atoms with Crippen LogP contribution in [-0.4, -0.2) is 12.6 Å². The summed E-state index contributed by atoms with van der Waals surface area (Å²) in [5.74, 6) is -0.646. The van der Waals surface area contributed by atoms with Gasteiger partial charge in [0.25, 0.3) is 0 Å². The molecule has 0 heterocycles. The molecule has 116 valence electrons. The molecule has 0 fully saturated rings. The molecule has 0 spiro atoms. The summed E-state index contributed by atoms with van der Waals surface area (Å²) in [6.45, 7) is 3.96. The SMILES string of the molecule is CCOC(=O)C(C)c1ccccc1Nc1c(Cl)cccc1Cl. The predicted octanol–water partition coefficient (Wildman–Crippen LogP) is 5.40. The van der Waals surface area contributed by atoms with Gasteiger partial charge in [-0.05, 0) is 37.6 Å². The van der Waals surface area contributed by atoms with E-state index in [-0.39, 0.29) is 11.9 Å². The van der Waals surface area contributed by atoms with E-state index in [1.54, 1.807) is 25.1 Å². The number of benzene rings is 2. The summed E-state index contributed by atoms with van der Waals surface area (Å²) in [5, 5.41) is 4.25. The smallest absolute Gasteiger partial charge is 0.313 e. The van der Waals surface area contributed by atoms with Crippen LogP contribution in [-0.2, 0) is 9.53 Å². The molecule has 1 atom stereocenters. The fourth-order valence-electron chi connectivity index (χ4n) is 2.13. The molecule has 0 aliphatic heterocycles. The fraction of sp³-hybridized carbons (Fsp3) is 0.235. The summed E-state index contributed by atoms with van der Waals surface area (Å²) in [7, 11) is 0. The molecule has 5 heteroatoms. The Morgan fingerprint density at radius 3 is 2.41 bits per heavy atom. The number of nitrogens with one attached hydrogen (secondary N) is 1. The third-order valence-corrected chi connectivity index (χ3v) is 3.92. The van der Waals surface area contributed by atoms with Gasteiger partial charge in [0, 0.05) is 5.69 Å². The van der Waals surface area contributed by atoms with Crippen LogP contribution in [0.15, 0.2) is 42.5 Å². The maximum Gasteiger partial charge on any atom is 0.313 e. The van der Waals surface area contributed by atoms with Crippen molar-refractivity contribution in [2.45, 2.75) is 19.8 Å². The molecule has 2 rings (SSSR count). The summed E-state index contributed by atoms with van der Waals surface area (Å²) in [6.07, 6.45) is 0. The third-order valence-electron chi connectivity index (χ3n) is 3.29. The van der Waals surface area contributed by atoms with Gasteiger partial charge in [0.1, 0.15) is 0 Å². The van der Waals surface area contributed by atoms with E-state index in [1.807, 2.05) is 31.2 Å². The topological polar surface area (TPSA) is 38.3 Å². The van der Waals surface area contributed by atoms with Crippen molar-refractivity contribution >= 4 is 40.5 Å². The normalized spacial score (nSPS) is 11.8. The predicted molar refractivity (Wildman–Crippen MR) is 91.2 cm³/mol. The summed E-state index contributed by atoms with van der Waals surface area (Å²) in [5.41, 5.74) is 2.23. The van der Waals surface area contributed by atoms with Gasteiger partial charge in [-0.3, -0.25) is 4.79 Å². The van der Waals surface area contributed by atoms with Crippen LogP contribution in [0, 0.1) is 0 Å². The van der Waals surface area contributed by atoms with E-state index in [1.165, 1.54) is 0 Å². The van der Waals surface area contributed by atoms with E-state index < -0.39 is 0 Å². The number of carbonyl (C=O) groups is 1. The molecule has 22 heavy (non-hydrogen) atoms. The van der Waals surface area contributed by atoms with Crippen LogP contribution in [0.3, 0.4) is 0 Å². The molecule has 0 saturated carbocycles. The first-order valence-electron chi connectivity index (χ1n) is 7.01. The Kier molecular flexibility index (Phi) is 5.69. The van der Waals surface area contributed by atoms with Crippen molar-refractivity contribution in [2.24, 2.45) is 0 Å². The third kappa shape index (κ3) is 3.73. The second-order valence-electron chi connectivity index (χ2n) is 4.78. The number of ether oxygens (including phenoxy) is 1. The lowest BCUT2D eigenvalue weighted by molar-refractivity contribution is -0.144. The average molecular weight is 338 g/mol. The molecule has 0 bridgehead atoms. The van der Waals surface area contributed by atoms with E-state index in [2.05, 4.69) is 5.32 Å². The molecule has 0 amide bonds. The van der Waals surface area contributed by atoms with Crippen LogP contribution in [0.25, 0.3) is 0 Å². The van der Waals surface area contributed by atoms with Crippen LogP contribution in [0.4, 0.5) is 11.4 Å². The van der Waals surface area contributed by atoms with Gasteiger partial charge in [-0.15, -0.1) is 0 Å². The minimum atomic E-state index is -0.384. The standard InChI is InChI=1S/C17H17Cl2NO2/c1-3-22-17(21)11(2)12-7-4-5-10-15(12)20-16-13(18)8-6-9-14(16)19/h4-11,20H,3H2,1-2H3. The molecule has 0 aliphatic carbocycles. The maximum atomic E-state index is 12.0.